The first-order valence-electron chi connectivity index (χ1n) is 6.73. The van der Waals surface area contributed by atoms with Crippen molar-refractivity contribution in [2.45, 2.75) is 47.9 Å². The minimum Gasteiger partial charge on any atom is -0.497 e. The van der Waals surface area contributed by atoms with Crippen LogP contribution in [0, 0.1) is 0 Å². The van der Waals surface area contributed by atoms with Gasteiger partial charge in [0, 0.05) is 12.1 Å². The Kier molecular flexibility index (Phi) is 3.27. The first kappa shape index (κ1) is 12.9. The van der Waals surface area contributed by atoms with Crippen molar-refractivity contribution in [1.29, 1.82) is 0 Å². The molecule has 0 spiro atoms. The van der Waals surface area contributed by atoms with Crippen LogP contribution in [0.5, 0.6) is 5.75 Å². The van der Waals surface area contributed by atoms with Gasteiger partial charge in [0.25, 0.3) is 0 Å². The van der Waals surface area contributed by atoms with Crippen LogP contribution < -0.4 is 10.1 Å². The summed E-state index contributed by atoms with van der Waals surface area (Å²) in [7, 11) is -1.69. The summed E-state index contributed by atoms with van der Waals surface area (Å²) < 4.78 is 30.5. The number of sulfone groups is 1. The molecule has 4 nitrogen and oxygen atoms in total. The molecule has 2 aliphatic heterocycles. The number of methoxy groups -OCH3 is 1. The lowest BCUT2D eigenvalue weighted by Crippen LogP contribution is -2.43. The van der Waals surface area contributed by atoms with Gasteiger partial charge in [-0.2, -0.15) is 0 Å². The van der Waals surface area contributed by atoms with Gasteiger partial charge in [-0.1, -0.05) is 6.07 Å². The molecule has 0 amide bonds. The van der Waals surface area contributed by atoms with Crippen LogP contribution in [0.3, 0.4) is 0 Å². The van der Waals surface area contributed by atoms with Gasteiger partial charge in [0.05, 0.1) is 17.3 Å². The van der Waals surface area contributed by atoms with Gasteiger partial charge in [0.1, 0.15) is 5.75 Å². The smallest absolute Gasteiger partial charge is 0.181 e. The van der Waals surface area contributed by atoms with Gasteiger partial charge in [0.2, 0.25) is 0 Å². The predicted molar refractivity (Wildman–Crippen MR) is 73.1 cm³/mol. The third-order valence-corrected chi connectivity index (χ3v) is 6.41. The van der Waals surface area contributed by atoms with Crippen molar-refractivity contribution in [3.63, 3.8) is 0 Å². The van der Waals surface area contributed by atoms with Crippen molar-refractivity contribution in [3.8, 4) is 5.75 Å². The third kappa shape index (κ3) is 2.37. The molecule has 0 radical (unpaired) electrons. The van der Waals surface area contributed by atoms with Gasteiger partial charge in [0.15, 0.2) is 9.84 Å². The van der Waals surface area contributed by atoms with Crippen LogP contribution >= 0.6 is 0 Å². The second kappa shape index (κ2) is 4.80. The van der Waals surface area contributed by atoms with Crippen molar-refractivity contribution in [2.24, 2.45) is 0 Å². The monoisotopic (exact) mass is 281 g/mol. The molecule has 19 heavy (non-hydrogen) atoms. The Labute approximate surface area is 114 Å². The van der Waals surface area contributed by atoms with Crippen molar-refractivity contribution in [1.82, 2.24) is 5.32 Å². The van der Waals surface area contributed by atoms with Gasteiger partial charge in [-0.15, -0.1) is 0 Å². The van der Waals surface area contributed by atoms with Gasteiger partial charge in [-0.25, -0.2) is 8.42 Å². The first-order valence-corrected chi connectivity index (χ1v) is 8.28. The number of nitrogens with one attached hydrogen (secondary N) is 1. The molecule has 0 aromatic heterocycles. The normalized spacial score (nSPS) is 30.3. The summed E-state index contributed by atoms with van der Waals surface area (Å²) in [6, 6.07) is 7.56. The Hall–Kier alpha value is -1.07. The topological polar surface area (TPSA) is 55.4 Å². The Balaban J connectivity index is 1.89. The predicted octanol–water partition coefficient (Wildman–Crippen LogP) is 1.75. The van der Waals surface area contributed by atoms with E-state index in [2.05, 4.69) is 5.32 Å². The fraction of sp³-hybridized carbons (Fsp3) is 0.571. The van der Waals surface area contributed by atoms with E-state index in [1.807, 2.05) is 0 Å². The SMILES string of the molecule is COc1cccc(S(=O)(=O)C2C[C@H]3CC[C@@H](C2)N3)c1. The molecule has 104 valence electrons. The minimum absolute atomic E-state index is 0.252. The molecule has 1 N–H and O–H groups in total. The second-order valence-electron chi connectivity index (χ2n) is 5.46. The molecule has 1 unspecified atom stereocenters. The van der Waals surface area contributed by atoms with Crippen LogP contribution in [-0.4, -0.2) is 32.9 Å². The average Bonchev–Trinajstić information content (AvgIpc) is 2.77. The maximum Gasteiger partial charge on any atom is 0.181 e. The Morgan fingerprint density at radius 1 is 1.21 bits per heavy atom. The highest BCUT2D eigenvalue weighted by Gasteiger charge is 2.40. The molecular formula is C14H19NO3S. The number of rotatable bonds is 3. The maximum atomic E-state index is 12.7. The van der Waals surface area contributed by atoms with Gasteiger partial charge in [-0.05, 0) is 43.9 Å². The molecule has 2 aliphatic rings. The standard InChI is InChI=1S/C14H19NO3S/c1-18-12-3-2-4-13(9-12)19(16,17)14-7-10-5-6-11(8-14)15-10/h2-4,9-11,14-15H,5-8H2,1H3/t10-,11+,14?. The average molecular weight is 281 g/mol. The zero-order valence-corrected chi connectivity index (χ0v) is 11.8. The Bertz CT molecular complexity index is 558. The summed E-state index contributed by atoms with van der Waals surface area (Å²) in [4.78, 5) is 0.387. The van der Waals surface area contributed by atoms with Gasteiger partial charge in [-0.3, -0.25) is 0 Å². The molecule has 2 heterocycles. The molecule has 2 saturated heterocycles. The molecule has 1 aromatic rings. The Morgan fingerprint density at radius 3 is 2.53 bits per heavy atom. The summed E-state index contributed by atoms with van der Waals surface area (Å²) in [5, 5.41) is 3.23. The fourth-order valence-electron chi connectivity index (χ4n) is 3.23. The van der Waals surface area contributed by atoms with Gasteiger partial charge >= 0.3 is 0 Å². The second-order valence-corrected chi connectivity index (χ2v) is 7.68. The zero-order chi connectivity index (χ0) is 13.5. The van der Waals surface area contributed by atoms with E-state index in [-0.39, 0.29) is 5.25 Å². The quantitative estimate of drug-likeness (QED) is 0.917. The van der Waals surface area contributed by atoms with Crippen LogP contribution in [0.25, 0.3) is 0 Å². The molecule has 3 atom stereocenters. The fourth-order valence-corrected chi connectivity index (χ4v) is 5.13. The summed E-state index contributed by atoms with van der Waals surface area (Å²) in [5.41, 5.74) is 0. The number of hydrogen-bond donors (Lipinski definition) is 1. The molecule has 3 rings (SSSR count). The highest BCUT2D eigenvalue weighted by atomic mass is 32.2. The van der Waals surface area contributed by atoms with Crippen molar-refractivity contribution in [2.75, 3.05) is 7.11 Å². The Morgan fingerprint density at radius 2 is 1.89 bits per heavy atom. The van der Waals surface area contributed by atoms with E-state index in [4.69, 9.17) is 4.74 Å². The summed E-state index contributed by atoms with van der Waals surface area (Å²) in [6.45, 7) is 0. The number of piperidine rings is 1. The number of benzene rings is 1. The van der Waals surface area contributed by atoms with Crippen LogP contribution in [0.4, 0.5) is 0 Å². The largest absolute Gasteiger partial charge is 0.497 e. The van der Waals surface area contributed by atoms with E-state index in [9.17, 15) is 8.42 Å². The van der Waals surface area contributed by atoms with Crippen molar-refractivity contribution in [3.05, 3.63) is 24.3 Å². The highest BCUT2D eigenvalue weighted by molar-refractivity contribution is 7.92. The van der Waals surface area contributed by atoms with E-state index in [0.717, 1.165) is 25.7 Å². The van der Waals surface area contributed by atoms with Crippen LogP contribution in [0.2, 0.25) is 0 Å². The lowest BCUT2D eigenvalue weighted by Gasteiger charge is -2.28. The van der Waals surface area contributed by atoms with Crippen LogP contribution in [0.15, 0.2) is 29.2 Å². The molecular weight excluding hydrogens is 262 g/mol. The van der Waals surface area contributed by atoms with E-state index in [1.165, 1.54) is 0 Å². The zero-order valence-electron chi connectivity index (χ0n) is 11.0. The van der Waals surface area contributed by atoms with E-state index >= 15 is 0 Å². The van der Waals surface area contributed by atoms with Crippen LogP contribution in [-0.2, 0) is 9.84 Å². The first-order chi connectivity index (χ1) is 9.09. The lowest BCUT2D eigenvalue weighted by atomic mass is 10.1. The van der Waals surface area contributed by atoms with Gasteiger partial charge < -0.3 is 10.1 Å². The van der Waals surface area contributed by atoms with Crippen molar-refractivity contribution >= 4 is 9.84 Å². The minimum atomic E-state index is -3.24. The van der Waals surface area contributed by atoms with E-state index < -0.39 is 9.84 Å². The van der Waals surface area contributed by atoms with E-state index in [0.29, 0.717) is 22.7 Å². The molecule has 5 heteroatoms. The number of hydrogen-bond acceptors (Lipinski definition) is 4. The molecule has 2 bridgehead atoms. The lowest BCUT2D eigenvalue weighted by molar-refractivity contribution is 0.400. The molecule has 2 fully saturated rings. The molecule has 0 saturated carbocycles. The third-order valence-electron chi connectivity index (χ3n) is 4.24. The summed E-state index contributed by atoms with van der Waals surface area (Å²) in [6.07, 6.45) is 3.68. The maximum absolute atomic E-state index is 12.7. The molecule has 0 aliphatic carbocycles. The molecule has 1 aromatic carbocycles. The number of fused-ring (bicyclic) bond motifs is 2. The van der Waals surface area contributed by atoms with Crippen LogP contribution in [0.1, 0.15) is 25.7 Å². The van der Waals surface area contributed by atoms with E-state index in [1.54, 1.807) is 31.4 Å². The van der Waals surface area contributed by atoms with Crippen molar-refractivity contribution < 1.29 is 13.2 Å². The summed E-state index contributed by atoms with van der Waals surface area (Å²) >= 11 is 0. The highest BCUT2D eigenvalue weighted by Crippen LogP contribution is 2.34. The summed E-state index contributed by atoms with van der Waals surface area (Å²) in [5.74, 6) is 0.595. The number of ether oxygens (including phenoxy) is 1.